The first-order chi connectivity index (χ1) is 6.90. The van der Waals surface area contributed by atoms with Gasteiger partial charge in [0.1, 0.15) is 9.84 Å². The molecular weight excluding hydrogens is 216 g/mol. The van der Waals surface area contributed by atoms with Crippen LogP contribution in [0.15, 0.2) is 0 Å². The smallest absolute Gasteiger partial charge is 0.147 e. The Bertz CT molecular complexity index is 248. The van der Waals surface area contributed by atoms with Crippen LogP contribution in [0.5, 0.6) is 0 Å². The predicted octanol–water partition coefficient (Wildman–Crippen LogP) is 0.987. The third kappa shape index (κ3) is 7.76. The van der Waals surface area contributed by atoms with Gasteiger partial charge in [0.2, 0.25) is 0 Å². The van der Waals surface area contributed by atoms with Crippen LogP contribution in [0.25, 0.3) is 0 Å². The molecule has 0 rings (SSSR count). The van der Waals surface area contributed by atoms with Gasteiger partial charge < -0.3 is 9.84 Å². The Balaban J connectivity index is 3.85. The van der Waals surface area contributed by atoms with Crippen LogP contribution in [-0.4, -0.2) is 44.9 Å². The number of rotatable bonds is 8. The summed E-state index contributed by atoms with van der Waals surface area (Å²) in [5, 5.41) is 9.72. The zero-order valence-electron chi connectivity index (χ0n) is 9.77. The molecule has 2 unspecified atom stereocenters. The van der Waals surface area contributed by atoms with Crippen LogP contribution in [0.4, 0.5) is 0 Å². The predicted molar refractivity (Wildman–Crippen MR) is 60.7 cm³/mol. The highest BCUT2D eigenvalue weighted by atomic mass is 32.2. The van der Waals surface area contributed by atoms with Crippen molar-refractivity contribution in [1.29, 1.82) is 0 Å². The van der Waals surface area contributed by atoms with Gasteiger partial charge in [-0.25, -0.2) is 8.42 Å². The Hall–Kier alpha value is -0.130. The van der Waals surface area contributed by atoms with Gasteiger partial charge in [0.05, 0.1) is 12.2 Å². The maximum absolute atomic E-state index is 10.9. The molecule has 4 nitrogen and oxygen atoms in total. The van der Waals surface area contributed by atoms with Gasteiger partial charge in [-0.3, -0.25) is 0 Å². The van der Waals surface area contributed by atoms with E-state index in [1.165, 1.54) is 6.26 Å². The Morgan fingerprint density at radius 2 is 1.93 bits per heavy atom. The lowest BCUT2D eigenvalue weighted by atomic mass is 10.0. The van der Waals surface area contributed by atoms with Gasteiger partial charge in [-0.15, -0.1) is 0 Å². The number of methoxy groups -OCH3 is 1. The fourth-order valence-corrected chi connectivity index (χ4v) is 2.18. The molecule has 0 bridgehead atoms. The highest BCUT2D eigenvalue weighted by Crippen LogP contribution is 2.11. The minimum atomic E-state index is -2.92. The molecular formula is C10H22O4S. The first kappa shape index (κ1) is 14.9. The van der Waals surface area contributed by atoms with Crippen LogP contribution in [0.3, 0.4) is 0 Å². The summed E-state index contributed by atoms with van der Waals surface area (Å²) in [6.07, 6.45) is 3.19. The molecule has 0 spiro atoms. The van der Waals surface area contributed by atoms with Crippen molar-refractivity contribution in [2.24, 2.45) is 0 Å². The van der Waals surface area contributed by atoms with Crippen molar-refractivity contribution in [2.45, 2.75) is 44.8 Å². The van der Waals surface area contributed by atoms with Crippen molar-refractivity contribution >= 4 is 9.84 Å². The number of aliphatic hydroxyl groups excluding tert-OH is 1. The van der Waals surface area contributed by atoms with Crippen molar-refractivity contribution in [3.63, 3.8) is 0 Å². The zero-order chi connectivity index (χ0) is 11.9. The minimum absolute atomic E-state index is 0.132. The van der Waals surface area contributed by atoms with Gasteiger partial charge in [0.15, 0.2) is 0 Å². The largest absolute Gasteiger partial charge is 0.390 e. The molecule has 0 saturated heterocycles. The summed E-state index contributed by atoms with van der Waals surface area (Å²) < 4.78 is 26.9. The second-order valence-corrected chi connectivity index (χ2v) is 6.16. The number of aliphatic hydroxyl groups is 1. The van der Waals surface area contributed by atoms with E-state index in [4.69, 9.17) is 4.74 Å². The molecule has 0 heterocycles. The van der Waals surface area contributed by atoms with Gasteiger partial charge >= 0.3 is 0 Å². The summed E-state index contributed by atoms with van der Waals surface area (Å²) in [6, 6.07) is 0. The summed E-state index contributed by atoms with van der Waals surface area (Å²) in [5.41, 5.74) is 0. The Labute approximate surface area is 92.6 Å². The van der Waals surface area contributed by atoms with Crippen LogP contribution >= 0.6 is 0 Å². The molecule has 15 heavy (non-hydrogen) atoms. The van der Waals surface area contributed by atoms with E-state index in [0.29, 0.717) is 12.8 Å². The first-order valence-corrected chi connectivity index (χ1v) is 7.35. The molecule has 5 heteroatoms. The molecule has 0 aliphatic rings. The molecule has 0 aromatic carbocycles. The quantitative estimate of drug-likeness (QED) is 0.685. The van der Waals surface area contributed by atoms with E-state index in [1.807, 2.05) is 6.92 Å². The second kappa shape index (κ2) is 7.19. The molecule has 0 aromatic rings. The number of ether oxygens (including phenoxy) is 1. The van der Waals surface area contributed by atoms with Crippen LogP contribution in [-0.2, 0) is 14.6 Å². The van der Waals surface area contributed by atoms with Gasteiger partial charge in [-0.1, -0.05) is 13.3 Å². The van der Waals surface area contributed by atoms with Crippen LogP contribution in [0.2, 0.25) is 0 Å². The van der Waals surface area contributed by atoms with E-state index in [9.17, 15) is 13.5 Å². The second-order valence-electron chi connectivity index (χ2n) is 3.90. The lowest BCUT2D eigenvalue weighted by Gasteiger charge is -2.20. The molecule has 2 atom stereocenters. The SMILES string of the molecule is CCCC(OC)C(O)CCCS(C)(=O)=O. The molecule has 1 N–H and O–H groups in total. The topological polar surface area (TPSA) is 63.6 Å². The highest BCUT2D eigenvalue weighted by molar-refractivity contribution is 7.90. The Kier molecular flexibility index (Phi) is 7.13. The van der Waals surface area contributed by atoms with E-state index in [1.54, 1.807) is 7.11 Å². The number of hydrogen-bond acceptors (Lipinski definition) is 4. The van der Waals surface area contributed by atoms with Crippen molar-refractivity contribution in [1.82, 2.24) is 0 Å². The van der Waals surface area contributed by atoms with Crippen LogP contribution < -0.4 is 0 Å². The number of hydrogen-bond donors (Lipinski definition) is 1. The summed E-state index contributed by atoms with van der Waals surface area (Å²) in [4.78, 5) is 0. The van der Waals surface area contributed by atoms with Crippen molar-refractivity contribution in [2.75, 3.05) is 19.1 Å². The van der Waals surface area contributed by atoms with E-state index in [0.717, 1.165) is 12.8 Å². The van der Waals surface area contributed by atoms with Crippen molar-refractivity contribution in [3.05, 3.63) is 0 Å². The minimum Gasteiger partial charge on any atom is -0.390 e. The van der Waals surface area contributed by atoms with Gasteiger partial charge in [-0.2, -0.15) is 0 Å². The summed E-state index contributed by atoms with van der Waals surface area (Å²) >= 11 is 0. The normalized spacial score (nSPS) is 16.3. The summed E-state index contributed by atoms with van der Waals surface area (Å²) in [6.45, 7) is 2.02. The van der Waals surface area contributed by atoms with E-state index in [2.05, 4.69) is 0 Å². The van der Waals surface area contributed by atoms with Gasteiger partial charge in [0.25, 0.3) is 0 Å². The zero-order valence-corrected chi connectivity index (χ0v) is 10.6. The van der Waals surface area contributed by atoms with E-state index in [-0.39, 0.29) is 11.9 Å². The standard InChI is InChI=1S/C10H22O4S/c1-4-6-10(14-2)9(11)7-5-8-15(3,12)13/h9-11H,4-8H2,1-3H3. The molecule has 0 aromatic heterocycles. The maximum atomic E-state index is 10.9. The van der Waals surface area contributed by atoms with Crippen molar-refractivity contribution < 1.29 is 18.3 Å². The highest BCUT2D eigenvalue weighted by Gasteiger charge is 2.17. The van der Waals surface area contributed by atoms with Crippen LogP contribution in [0.1, 0.15) is 32.6 Å². The molecule has 0 radical (unpaired) electrons. The average Bonchev–Trinajstić information content (AvgIpc) is 2.11. The van der Waals surface area contributed by atoms with E-state index < -0.39 is 15.9 Å². The lowest BCUT2D eigenvalue weighted by Crippen LogP contribution is -2.28. The number of sulfone groups is 1. The average molecular weight is 238 g/mol. The summed E-state index contributed by atoms with van der Waals surface area (Å²) in [5.74, 6) is 0.132. The van der Waals surface area contributed by atoms with Crippen molar-refractivity contribution in [3.8, 4) is 0 Å². The van der Waals surface area contributed by atoms with Gasteiger partial charge in [-0.05, 0) is 19.3 Å². The molecule has 0 aliphatic carbocycles. The Morgan fingerprint density at radius 3 is 2.33 bits per heavy atom. The third-order valence-corrected chi connectivity index (χ3v) is 3.35. The molecule has 0 saturated carbocycles. The monoisotopic (exact) mass is 238 g/mol. The maximum Gasteiger partial charge on any atom is 0.147 e. The third-order valence-electron chi connectivity index (χ3n) is 2.32. The first-order valence-electron chi connectivity index (χ1n) is 5.29. The molecule has 0 aliphatic heterocycles. The van der Waals surface area contributed by atoms with E-state index >= 15 is 0 Å². The lowest BCUT2D eigenvalue weighted by molar-refractivity contribution is -0.0203. The van der Waals surface area contributed by atoms with Gasteiger partial charge in [0, 0.05) is 19.1 Å². The Morgan fingerprint density at radius 1 is 1.33 bits per heavy atom. The molecule has 92 valence electrons. The molecule has 0 amide bonds. The fourth-order valence-electron chi connectivity index (χ4n) is 1.49. The van der Waals surface area contributed by atoms with Crippen LogP contribution in [0, 0.1) is 0 Å². The summed E-state index contributed by atoms with van der Waals surface area (Å²) in [7, 11) is -1.35. The molecule has 0 fully saturated rings. The fraction of sp³-hybridized carbons (Fsp3) is 1.00.